The summed E-state index contributed by atoms with van der Waals surface area (Å²) in [7, 11) is 0. The molecule has 140 valence electrons. The zero-order valence-electron chi connectivity index (χ0n) is 15.2. The highest BCUT2D eigenvalue weighted by Gasteiger charge is 2.30. The smallest absolute Gasteiger partial charge is 0.258 e. The van der Waals surface area contributed by atoms with Crippen molar-refractivity contribution < 1.29 is 9.31 Å². The fourth-order valence-electron chi connectivity index (χ4n) is 3.34. The van der Waals surface area contributed by atoms with Crippen LogP contribution in [-0.4, -0.2) is 10.6 Å². The van der Waals surface area contributed by atoms with E-state index in [1.54, 1.807) is 24.3 Å². The maximum Gasteiger partial charge on any atom is 0.269 e. The highest BCUT2D eigenvalue weighted by Crippen LogP contribution is 2.37. The van der Waals surface area contributed by atoms with Gasteiger partial charge in [0.05, 0.1) is 22.4 Å². The number of non-ortho nitro benzene ring substituents is 1. The average Bonchev–Trinajstić information content (AvgIpc) is 3.14. The summed E-state index contributed by atoms with van der Waals surface area (Å²) >= 11 is 0. The third-order valence-electron chi connectivity index (χ3n) is 4.88. The molecule has 0 amide bonds. The van der Waals surface area contributed by atoms with Crippen LogP contribution in [0.1, 0.15) is 29.2 Å². The minimum Gasteiger partial charge on any atom is -0.258 e. The maximum absolute atomic E-state index is 13.4. The van der Waals surface area contributed by atoms with Crippen molar-refractivity contribution >= 4 is 17.1 Å². The average molecular weight is 375 g/mol. The fourth-order valence-corrected chi connectivity index (χ4v) is 3.34. The van der Waals surface area contributed by atoms with Crippen molar-refractivity contribution in [2.75, 3.05) is 5.01 Å². The Hall–Kier alpha value is -3.54. The number of anilines is 1. The van der Waals surface area contributed by atoms with Crippen molar-refractivity contribution in [1.82, 2.24) is 0 Å². The zero-order valence-corrected chi connectivity index (χ0v) is 15.2. The number of aryl methyl sites for hydroxylation is 1. The van der Waals surface area contributed by atoms with Crippen LogP contribution in [0.15, 0.2) is 77.9 Å². The molecule has 0 saturated heterocycles. The molecule has 0 aliphatic carbocycles. The number of rotatable bonds is 4. The topological polar surface area (TPSA) is 58.7 Å². The lowest BCUT2D eigenvalue weighted by Gasteiger charge is -2.23. The Balaban J connectivity index is 1.73. The first-order chi connectivity index (χ1) is 13.5. The number of nitro groups is 1. The van der Waals surface area contributed by atoms with E-state index >= 15 is 0 Å². The van der Waals surface area contributed by atoms with Gasteiger partial charge < -0.3 is 0 Å². The van der Waals surface area contributed by atoms with Crippen LogP contribution in [0.2, 0.25) is 0 Å². The van der Waals surface area contributed by atoms with Crippen molar-refractivity contribution in [2.24, 2.45) is 5.10 Å². The number of halogens is 1. The molecule has 0 N–H and O–H groups in total. The lowest BCUT2D eigenvalue weighted by molar-refractivity contribution is -0.384. The molecule has 1 heterocycles. The molecule has 6 heteroatoms. The van der Waals surface area contributed by atoms with Crippen LogP contribution in [0.5, 0.6) is 0 Å². The normalized spacial score (nSPS) is 16.1. The van der Waals surface area contributed by atoms with Crippen LogP contribution >= 0.6 is 0 Å². The van der Waals surface area contributed by atoms with Gasteiger partial charge in [-0.2, -0.15) is 5.10 Å². The Labute approximate surface area is 161 Å². The summed E-state index contributed by atoms with van der Waals surface area (Å²) in [6, 6.07) is 20.7. The minimum atomic E-state index is -0.424. The molecule has 3 aromatic rings. The van der Waals surface area contributed by atoms with Crippen molar-refractivity contribution in [1.29, 1.82) is 0 Å². The van der Waals surface area contributed by atoms with Gasteiger partial charge in [0.25, 0.3) is 5.69 Å². The molecule has 0 fully saturated rings. The van der Waals surface area contributed by atoms with E-state index in [4.69, 9.17) is 5.10 Å². The van der Waals surface area contributed by atoms with E-state index in [0.717, 1.165) is 22.5 Å². The number of nitrogens with zero attached hydrogens (tertiary/aromatic N) is 3. The predicted molar refractivity (Wildman–Crippen MR) is 107 cm³/mol. The summed E-state index contributed by atoms with van der Waals surface area (Å²) in [6.45, 7) is 2.03. The zero-order chi connectivity index (χ0) is 19.7. The van der Waals surface area contributed by atoms with Gasteiger partial charge in [0.2, 0.25) is 0 Å². The molecule has 3 aromatic carbocycles. The van der Waals surface area contributed by atoms with Crippen molar-refractivity contribution in [3.8, 4) is 0 Å². The standard InChI is InChI=1S/C22H18FN3O2/c1-15-2-4-16(5-3-15)21-14-22(17-6-8-18(23)9-7-17)25(24-21)19-10-12-20(13-11-19)26(27)28/h2-13,22H,14H2,1H3. The Morgan fingerprint density at radius 2 is 1.64 bits per heavy atom. The number of hydrogen-bond acceptors (Lipinski definition) is 4. The van der Waals surface area contributed by atoms with Crippen LogP contribution in [0.3, 0.4) is 0 Å². The Kier molecular flexibility index (Phi) is 4.61. The van der Waals surface area contributed by atoms with Crippen LogP contribution < -0.4 is 5.01 Å². The van der Waals surface area contributed by atoms with E-state index in [-0.39, 0.29) is 17.5 Å². The summed E-state index contributed by atoms with van der Waals surface area (Å²) in [4.78, 5) is 10.5. The van der Waals surface area contributed by atoms with Crippen molar-refractivity contribution in [2.45, 2.75) is 19.4 Å². The van der Waals surface area contributed by atoms with Gasteiger partial charge in [0, 0.05) is 18.6 Å². The van der Waals surface area contributed by atoms with Gasteiger partial charge in [-0.05, 0) is 42.3 Å². The largest absolute Gasteiger partial charge is 0.269 e. The van der Waals surface area contributed by atoms with Gasteiger partial charge in [-0.15, -0.1) is 0 Å². The SMILES string of the molecule is Cc1ccc(C2=NN(c3ccc([N+](=O)[O-])cc3)C(c3ccc(F)cc3)C2)cc1. The van der Waals surface area contributed by atoms with Crippen LogP contribution in [0.25, 0.3) is 0 Å². The number of hydrogen-bond donors (Lipinski definition) is 0. The summed E-state index contributed by atoms with van der Waals surface area (Å²) in [6.07, 6.45) is 0.658. The van der Waals surface area contributed by atoms with Gasteiger partial charge >= 0.3 is 0 Å². The summed E-state index contributed by atoms with van der Waals surface area (Å²) in [5.41, 5.74) is 4.84. The number of nitro benzene ring substituents is 1. The predicted octanol–water partition coefficient (Wildman–Crippen LogP) is 5.40. The first kappa shape index (κ1) is 17.9. The van der Waals surface area contributed by atoms with Crippen molar-refractivity contribution in [3.05, 3.63) is 105 Å². The third-order valence-corrected chi connectivity index (χ3v) is 4.88. The van der Waals surface area contributed by atoms with E-state index < -0.39 is 4.92 Å². The van der Waals surface area contributed by atoms with E-state index in [1.807, 2.05) is 36.2 Å². The number of hydrazone groups is 1. The van der Waals surface area contributed by atoms with Crippen LogP contribution in [0.4, 0.5) is 15.8 Å². The van der Waals surface area contributed by atoms with Gasteiger partial charge in [-0.1, -0.05) is 42.0 Å². The van der Waals surface area contributed by atoms with Gasteiger partial charge in [0.1, 0.15) is 5.82 Å². The molecule has 0 radical (unpaired) electrons. The molecule has 1 atom stereocenters. The Morgan fingerprint density at radius 1 is 1.00 bits per heavy atom. The van der Waals surface area contributed by atoms with E-state index in [9.17, 15) is 14.5 Å². The van der Waals surface area contributed by atoms with Crippen LogP contribution in [0, 0.1) is 22.9 Å². The first-order valence-electron chi connectivity index (χ1n) is 8.95. The summed E-state index contributed by atoms with van der Waals surface area (Å²) in [5.74, 6) is -0.289. The highest BCUT2D eigenvalue weighted by molar-refractivity contribution is 6.03. The summed E-state index contributed by atoms with van der Waals surface area (Å²) < 4.78 is 13.4. The molecule has 0 bridgehead atoms. The first-order valence-corrected chi connectivity index (χ1v) is 8.95. The second-order valence-electron chi connectivity index (χ2n) is 6.80. The molecular weight excluding hydrogens is 357 g/mol. The fraction of sp³-hybridized carbons (Fsp3) is 0.136. The molecule has 0 spiro atoms. The Bertz CT molecular complexity index is 1030. The minimum absolute atomic E-state index is 0.0315. The highest BCUT2D eigenvalue weighted by atomic mass is 19.1. The van der Waals surface area contributed by atoms with Gasteiger partial charge in [-0.25, -0.2) is 4.39 Å². The molecule has 1 aliphatic heterocycles. The lowest BCUT2D eigenvalue weighted by Crippen LogP contribution is -2.18. The molecule has 5 nitrogen and oxygen atoms in total. The Morgan fingerprint density at radius 3 is 2.25 bits per heavy atom. The molecule has 1 unspecified atom stereocenters. The third kappa shape index (κ3) is 3.49. The summed E-state index contributed by atoms with van der Waals surface area (Å²) in [5, 5.41) is 17.6. The quantitative estimate of drug-likeness (QED) is 0.453. The second kappa shape index (κ2) is 7.23. The van der Waals surface area contributed by atoms with E-state index in [1.165, 1.54) is 29.8 Å². The maximum atomic E-state index is 13.4. The monoisotopic (exact) mass is 375 g/mol. The van der Waals surface area contributed by atoms with E-state index in [0.29, 0.717) is 6.42 Å². The molecule has 4 rings (SSSR count). The van der Waals surface area contributed by atoms with Gasteiger partial charge in [0.15, 0.2) is 0 Å². The lowest BCUT2D eigenvalue weighted by atomic mass is 9.97. The number of benzene rings is 3. The van der Waals surface area contributed by atoms with E-state index in [2.05, 4.69) is 0 Å². The molecule has 0 saturated carbocycles. The molecule has 28 heavy (non-hydrogen) atoms. The molecule has 0 aromatic heterocycles. The van der Waals surface area contributed by atoms with Gasteiger partial charge in [-0.3, -0.25) is 15.1 Å². The second-order valence-corrected chi connectivity index (χ2v) is 6.80. The molecule has 1 aliphatic rings. The van der Waals surface area contributed by atoms with Crippen molar-refractivity contribution in [3.63, 3.8) is 0 Å². The molecular formula is C22H18FN3O2. The van der Waals surface area contributed by atoms with Crippen LogP contribution in [-0.2, 0) is 0 Å².